The van der Waals surface area contributed by atoms with E-state index in [2.05, 4.69) is 30.7 Å². The molecule has 0 unspecified atom stereocenters. The van der Waals surface area contributed by atoms with Crippen LogP contribution in [0.3, 0.4) is 0 Å². The number of ether oxygens (including phenoxy) is 1. The molecule has 0 aliphatic heterocycles. The molecule has 0 spiro atoms. The molecule has 1 amide bonds. The van der Waals surface area contributed by atoms with Crippen LogP contribution in [0.15, 0.2) is 18.2 Å². The number of nitrogens with zero attached hydrogens (tertiary/aromatic N) is 1. The second kappa shape index (κ2) is 6.92. The number of amides is 1. The molecule has 0 atom stereocenters. The van der Waals surface area contributed by atoms with Gasteiger partial charge in [-0.2, -0.15) is 0 Å². The van der Waals surface area contributed by atoms with Crippen molar-refractivity contribution < 1.29 is 14.3 Å². The normalized spacial score (nSPS) is 10.1. The zero-order valence-corrected chi connectivity index (χ0v) is 12.0. The Morgan fingerprint density at radius 2 is 1.84 bits per heavy atom. The Hall–Kier alpha value is -1.84. The second-order valence-corrected chi connectivity index (χ2v) is 4.74. The topological polar surface area (TPSA) is 46.6 Å². The molecule has 0 aliphatic carbocycles. The fourth-order valence-corrected chi connectivity index (χ4v) is 1.77. The summed E-state index contributed by atoms with van der Waals surface area (Å²) in [5.41, 5.74) is 3.55. The van der Waals surface area contributed by atoms with Gasteiger partial charge >= 0.3 is 5.97 Å². The summed E-state index contributed by atoms with van der Waals surface area (Å²) in [5.74, 6) is -0.406. The maximum atomic E-state index is 11.8. The van der Waals surface area contributed by atoms with Crippen molar-refractivity contribution in [1.82, 2.24) is 4.90 Å². The van der Waals surface area contributed by atoms with Crippen LogP contribution in [0.1, 0.15) is 29.5 Å². The monoisotopic (exact) mass is 263 g/mol. The molecule has 104 valence electrons. The molecule has 1 aromatic rings. The zero-order valence-electron chi connectivity index (χ0n) is 12.0. The Morgan fingerprint density at radius 3 is 2.42 bits per heavy atom. The molecule has 1 rings (SSSR count). The molecular formula is C15H21NO3. The van der Waals surface area contributed by atoms with Gasteiger partial charge in [-0.3, -0.25) is 9.59 Å². The summed E-state index contributed by atoms with van der Waals surface area (Å²) >= 11 is 0. The maximum Gasteiger partial charge on any atom is 0.306 e. The summed E-state index contributed by atoms with van der Waals surface area (Å²) in [7, 11) is 3.07. The molecule has 4 nitrogen and oxygen atoms in total. The molecule has 0 heterocycles. The lowest BCUT2D eigenvalue weighted by atomic mass is 10.1. The molecule has 0 N–H and O–H groups in total. The van der Waals surface area contributed by atoms with E-state index >= 15 is 0 Å². The number of carbonyl (C=O) groups excluding carboxylic acids is 2. The number of hydrogen-bond acceptors (Lipinski definition) is 3. The van der Waals surface area contributed by atoms with Crippen LogP contribution in [0.2, 0.25) is 0 Å². The Balaban J connectivity index is 2.53. The van der Waals surface area contributed by atoms with Crippen LogP contribution < -0.4 is 0 Å². The summed E-state index contributed by atoms with van der Waals surface area (Å²) < 4.78 is 4.52. The van der Waals surface area contributed by atoms with Gasteiger partial charge in [0.05, 0.1) is 13.5 Å². The SMILES string of the molecule is COC(=O)CCC(=O)N(C)Cc1ccc(C)c(C)c1. The van der Waals surface area contributed by atoms with Crippen molar-refractivity contribution in [2.24, 2.45) is 0 Å². The van der Waals surface area contributed by atoms with Gasteiger partial charge in [-0.05, 0) is 30.5 Å². The van der Waals surface area contributed by atoms with Crippen molar-refractivity contribution in [3.8, 4) is 0 Å². The van der Waals surface area contributed by atoms with E-state index in [9.17, 15) is 9.59 Å². The molecule has 0 saturated heterocycles. The third-order valence-electron chi connectivity index (χ3n) is 3.19. The molecule has 1 aromatic carbocycles. The van der Waals surface area contributed by atoms with Gasteiger partial charge in [0.1, 0.15) is 0 Å². The predicted molar refractivity (Wildman–Crippen MR) is 73.6 cm³/mol. The van der Waals surface area contributed by atoms with E-state index in [1.54, 1.807) is 11.9 Å². The maximum absolute atomic E-state index is 11.8. The number of carbonyl (C=O) groups is 2. The van der Waals surface area contributed by atoms with Gasteiger partial charge in [0, 0.05) is 20.0 Å². The van der Waals surface area contributed by atoms with Crippen molar-refractivity contribution in [2.75, 3.05) is 14.2 Å². The first-order chi connectivity index (χ1) is 8.93. The Labute approximate surface area is 114 Å². The molecule has 0 fully saturated rings. The molecule has 0 aromatic heterocycles. The first kappa shape index (κ1) is 15.2. The van der Waals surface area contributed by atoms with E-state index in [1.165, 1.54) is 18.2 Å². The van der Waals surface area contributed by atoms with Gasteiger partial charge in [-0.25, -0.2) is 0 Å². The fraction of sp³-hybridized carbons (Fsp3) is 0.467. The van der Waals surface area contributed by atoms with E-state index in [-0.39, 0.29) is 24.7 Å². The van der Waals surface area contributed by atoms with Crippen LogP contribution in [0.5, 0.6) is 0 Å². The van der Waals surface area contributed by atoms with Gasteiger partial charge in [0.2, 0.25) is 5.91 Å². The van der Waals surface area contributed by atoms with Gasteiger partial charge in [0.15, 0.2) is 0 Å². The molecule has 0 bridgehead atoms. The summed E-state index contributed by atoms with van der Waals surface area (Å²) in [6.45, 7) is 4.67. The minimum Gasteiger partial charge on any atom is -0.469 e. The molecular weight excluding hydrogens is 242 g/mol. The third-order valence-corrected chi connectivity index (χ3v) is 3.19. The quantitative estimate of drug-likeness (QED) is 0.765. The van der Waals surface area contributed by atoms with Crippen LogP contribution in [-0.2, 0) is 20.9 Å². The van der Waals surface area contributed by atoms with Gasteiger partial charge in [0.25, 0.3) is 0 Å². The Kier molecular flexibility index (Phi) is 5.55. The first-order valence-corrected chi connectivity index (χ1v) is 6.31. The van der Waals surface area contributed by atoms with E-state index in [0.717, 1.165) is 5.56 Å². The highest BCUT2D eigenvalue weighted by molar-refractivity contribution is 5.81. The average Bonchev–Trinajstić information content (AvgIpc) is 2.39. The number of aryl methyl sites for hydroxylation is 2. The van der Waals surface area contributed by atoms with E-state index in [4.69, 9.17) is 0 Å². The van der Waals surface area contributed by atoms with Crippen LogP contribution in [0, 0.1) is 13.8 Å². The standard InChI is InChI=1S/C15H21NO3/c1-11-5-6-13(9-12(11)2)10-16(3)14(17)7-8-15(18)19-4/h5-6,9H,7-8,10H2,1-4H3. The first-order valence-electron chi connectivity index (χ1n) is 6.31. The van der Waals surface area contributed by atoms with Crippen LogP contribution in [0.4, 0.5) is 0 Å². The van der Waals surface area contributed by atoms with E-state index in [1.807, 2.05) is 6.07 Å². The van der Waals surface area contributed by atoms with Crippen LogP contribution in [0.25, 0.3) is 0 Å². The minimum atomic E-state index is -0.354. The summed E-state index contributed by atoms with van der Waals surface area (Å²) in [6, 6.07) is 6.16. The van der Waals surface area contributed by atoms with Gasteiger partial charge in [-0.15, -0.1) is 0 Å². The lowest BCUT2D eigenvalue weighted by Gasteiger charge is -2.17. The molecule has 0 aliphatic rings. The Morgan fingerprint density at radius 1 is 1.16 bits per heavy atom. The lowest BCUT2D eigenvalue weighted by Crippen LogP contribution is -2.26. The zero-order chi connectivity index (χ0) is 14.4. The number of hydrogen-bond donors (Lipinski definition) is 0. The number of methoxy groups -OCH3 is 1. The van der Waals surface area contributed by atoms with Crippen molar-refractivity contribution in [3.63, 3.8) is 0 Å². The smallest absolute Gasteiger partial charge is 0.306 e. The number of rotatable bonds is 5. The Bertz CT molecular complexity index is 468. The second-order valence-electron chi connectivity index (χ2n) is 4.74. The molecule has 4 heteroatoms. The summed E-state index contributed by atoms with van der Waals surface area (Å²) in [5, 5.41) is 0. The fourth-order valence-electron chi connectivity index (χ4n) is 1.77. The van der Waals surface area contributed by atoms with E-state index < -0.39 is 0 Å². The summed E-state index contributed by atoms with van der Waals surface area (Å²) in [4.78, 5) is 24.5. The number of esters is 1. The summed E-state index contributed by atoms with van der Waals surface area (Å²) in [6.07, 6.45) is 0.320. The average molecular weight is 263 g/mol. The highest BCUT2D eigenvalue weighted by Gasteiger charge is 2.12. The minimum absolute atomic E-state index is 0.0522. The van der Waals surface area contributed by atoms with Crippen LogP contribution in [-0.4, -0.2) is 30.9 Å². The van der Waals surface area contributed by atoms with Crippen molar-refractivity contribution >= 4 is 11.9 Å². The van der Waals surface area contributed by atoms with E-state index in [0.29, 0.717) is 6.54 Å². The van der Waals surface area contributed by atoms with Crippen molar-refractivity contribution in [1.29, 1.82) is 0 Å². The van der Waals surface area contributed by atoms with Crippen molar-refractivity contribution in [2.45, 2.75) is 33.2 Å². The van der Waals surface area contributed by atoms with Crippen LogP contribution >= 0.6 is 0 Å². The number of benzene rings is 1. The predicted octanol–water partition coefficient (Wildman–Crippen LogP) is 2.22. The van der Waals surface area contributed by atoms with Gasteiger partial charge in [-0.1, -0.05) is 18.2 Å². The molecule has 0 radical (unpaired) electrons. The van der Waals surface area contributed by atoms with Crippen molar-refractivity contribution in [3.05, 3.63) is 34.9 Å². The molecule has 19 heavy (non-hydrogen) atoms. The lowest BCUT2D eigenvalue weighted by molar-refractivity contribution is -0.143. The largest absolute Gasteiger partial charge is 0.469 e. The van der Waals surface area contributed by atoms with Gasteiger partial charge < -0.3 is 9.64 Å². The third kappa shape index (κ3) is 4.73. The molecule has 0 saturated carbocycles. The highest BCUT2D eigenvalue weighted by Crippen LogP contribution is 2.12. The highest BCUT2D eigenvalue weighted by atomic mass is 16.5.